The second-order valence-electron chi connectivity index (χ2n) is 7.06. The van der Waals surface area contributed by atoms with E-state index < -0.39 is 0 Å². The monoisotopic (exact) mass is 360 g/mol. The second-order valence-corrected chi connectivity index (χ2v) is 7.06. The molecule has 0 radical (unpaired) electrons. The smallest absolute Gasteiger partial charge is 0.336 e. The van der Waals surface area contributed by atoms with Crippen LogP contribution in [0.15, 0.2) is 41.2 Å². The molecule has 1 fully saturated rings. The van der Waals surface area contributed by atoms with E-state index in [9.17, 15) is 20.0 Å². The van der Waals surface area contributed by atoms with Crippen LogP contribution in [0.3, 0.4) is 0 Å². The van der Waals surface area contributed by atoms with Crippen LogP contribution < -0.4 is 5.69 Å². The minimum absolute atomic E-state index is 0.0582. The van der Waals surface area contributed by atoms with E-state index in [-0.39, 0.29) is 29.6 Å². The van der Waals surface area contributed by atoms with Gasteiger partial charge in [0.15, 0.2) is 0 Å². The molecule has 5 rings (SSSR count). The van der Waals surface area contributed by atoms with Gasteiger partial charge in [-0.15, -0.1) is 0 Å². The summed E-state index contributed by atoms with van der Waals surface area (Å²) in [6, 6.07) is 12.4. The molecule has 2 aromatic carbocycles. The van der Waals surface area contributed by atoms with Crippen LogP contribution in [0.25, 0.3) is 16.5 Å². The standard InChI is InChI=1S/C20H16N4O3/c1-11(25)22-10-13-8-17(22)18-19(26)24(20(27)23(13)18)16-7-6-12(9-21)14-4-2-3-5-15(14)16/h2-7,13,17,26H,8,10H2,1H3/t13-,17-/m0/s1. The molecule has 1 saturated heterocycles. The molecular weight excluding hydrogens is 344 g/mol. The van der Waals surface area contributed by atoms with Crippen LogP contribution in [-0.4, -0.2) is 31.6 Å². The summed E-state index contributed by atoms with van der Waals surface area (Å²) in [5.41, 5.74) is 1.23. The van der Waals surface area contributed by atoms with Gasteiger partial charge in [0.1, 0.15) is 5.69 Å². The molecular formula is C20H16N4O3. The van der Waals surface area contributed by atoms with Crippen LogP contribution in [-0.2, 0) is 4.79 Å². The van der Waals surface area contributed by atoms with E-state index >= 15 is 0 Å². The molecule has 7 heteroatoms. The number of amides is 1. The van der Waals surface area contributed by atoms with Crippen LogP contribution in [0.2, 0.25) is 0 Å². The van der Waals surface area contributed by atoms with E-state index in [4.69, 9.17) is 0 Å². The SMILES string of the molecule is CC(=O)N1C[C@@H]2C[C@H]1c1c(O)n(-c3ccc(C#N)c4ccccc34)c(=O)n12. The van der Waals surface area contributed by atoms with Crippen LogP contribution in [0, 0.1) is 11.3 Å². The zero-order valence-electron chi connectivity index (χ0n) is 14.6. The number of carbonyl (C=O) groups excluding carboxylic acids is 1. The van der Waals surface area contributed by atoms with Gasteiger partial charge in [-0.2, -0.15) is 5.26 Å². The van der Waals surface area contributed by atoms with Crippen molar-refractivity contribution in [2.24, 2.45) is 0 Å². The maximum Gasteiger partial charge on any atom is 0.336 e. The molecule has 3 heterocycles. The van der Waals surface area contributed by atoms with E-state index in [1.807, 2.05) is 24.3 Å². The van der Waals surface area contributed by atoms with Gasteiger partial charge in [-0.3, -0.25) is 9.36 Å². The van der Waals surface area contributed by atoms with Gasteiger partial charge in [0.05, 0.1) is 29.4 Å². The number of rotatable bonds is 1. The molecule has 3 aromatic rings. The molecule has 1 aromatic heterocycles. The number of nitrogens with zero attached hydrogens (tertiary/aromatic N) is 4. The number of nitriles is 1. The molecule has 2 bridgehead atoms. The molecule has 0 saturated carbocycles. The fourth-order valence-electron chi connectivity index (χ4n) is 4.59. The Morgan fingerprint density at radius 3 is 2.67 bits per heavy atom. The second kappa shape index (κ2) is 5.24. The summed E-state index contributed by atoms with van der Waals surface area (Å²) in [6.45, 7) is 2.00. The first-order chi connectivity index (χ1) is 13.0. The zero-order chi connectivity index (χ0) is 18.9. The lowest BCUT2D eigenvalue weighted by molar-refractivity contribution is -0.130. The summed E-state index contributed by atoms with van der Waals surface area (Å²) < 4.78 is 2.91. The van der Waals surface area contributed by atoms with Crippen molar-refractivity contribution in [2.45, 2.75) is 25.4 Å². The van der Waals surface area contributed by atoms with Crippen molar-refractivity contribution in [1.82, 2.24) is 14.0 Å². The average molecular weight is 360 g/mol. The van der Waals surface area contributed by atoms with Gasteiger partial charge in [-0.1, -0.05) is 24.3 Å². The van der Waals surface area contributed by atoms with E-state index in [1.165, 1.54) is 11.5 Å². The van der Waals surface area contributed by atoms with Crippen LogP contribution >= 0.6 is 0 Å². The Labute approximate surface area is 154 Å². The van der Waals surface area contributed by atoms with Gasteiger partial charge in [0.2, 0.25) is 11.8 Å². The van der Waals surface area contributed by atoms with E-state index in [0.717, 1.165) is 5.39 Å². The lowest BCUT2D eigenvalue weighted by atomic mass is 10.0. The minimum Gasteiger partial charge on any atom is -0.493 e. The Morgan fingerprint density at radius 2 is 1.96 bits per heavy atom. The summed E-state index contributed by atoms with van der Waals surface area (Å²) in [5.74, 6) is -0.189. The highest BCUT2D eigenvalue weighted by molar-refractivity contribution is 5.94. The van der Waals surface area contributed by atoms with Gasteiger partial charge in [0, 0.05) is 24.2 Å². The quantitative estimate of drug-likeness (QED) is 0.720. The lowest BCUT2D eigenvalue weighted by Crippen LogP contribution is -2.36. The summed E-state index contributed by atoms with van der Waals surface area (Å²) in [6.07, 6.45) is 0.659. The normalized spacial score (nSPS) is 20.1. The molecule has 0 aliphatic carbocycles. The zero-order valence-corrected chi connectivity index (χ0v) is 14.6. The number of fused-ring (bicyclic) bond motifs is 6. The third-order valence-corrected chi connectivity index (χ3v) is 5.72. The fourth-order valence-corrected chi connectivity index (χ4v) is 4.59. The number of carbonyl (C=O) groups is 1. The van der Waals surface area contributed by atoms with Crippen molar-refractivity contribution in [1.29, 1.82) is 5.26 Å². The van der Waals surface area contributed by atoms with Crippen molar-refractivity contribution < 1.29 is 9.90 Å². The predicted octanol–water partition coefficient (Wildman–Crippen LogP) is 2.22. The molecule has 1 N–H and O–H groups in total. The summed E-state index contributed by atoms with van der Waals surface area (Å²) >= 11 is 0. The highest BCUT2D eigenvalue weighted by Crippen LogP contribution is 2.48. The molecule has 0 spiro atoms. The first-order valence-corrected chi connectivity index (χ1v) is 8.78. The maximum absolute atomic E-state index is 13.1. The highest BCUT2D eigenvalue weighted by Gasteiger charge is 2.48. The molecule has 1 amide bonds. The molecule has 7 nitrogen and oxygen atoms in total. The van der Waals surface area contributed by atoms with Crippen molar-refractivity contribution in [3.05, 3.63) is 58.1 Å². The van der Waals surface area contributed by atoms with E-state index in [1.54, 1.807) is 21.6 Å². The van der Waals surface area contributed by atoms with Crippen LogP contribution in [0.4, 0.5) is 0 Å². The summed E-state index contributed by atoms with van der Waals surface area (Å²) in [4.78, 5) is 26.7. The molecule has 2 aliphatic heterocycles. The molecule has 134 valence electrons. The first kappa shape index (κ1) is 15.7. The number of hydrogen-bond acceptors (Lipinski definition) is 4. The number of aromatic hydroxyl groups is 1. The van der Waals surface area contributed by atoms with E-state index in [2.05, 4.69) is 6.07 Å². The third-order valence-electron chi connectivity index (χ3n) is 5.72. The van der Waals surface area contributed by atoms with Crippen molar-refractivity contribution in [3.8, 4) is 17.6 Å². The summed E-state index contributed by atoms with van der Waals surface area (Å²) in [7, 11) is 0. The van der Waals surface area contributed by atoms with Gasteiger partial charge < -0.3 is 10.0 Å². The Bertz CT molecular complexity index is 1230. The Hall–Kier alpha value is -3.53. The highest BCUT2D eigenvalue weighted by atomic mass is 16.3. The third kappa shape index (κ3) is 1.90. The van der Waals surface area contributed by atoms with Crippen LogP contribution in [0.1, 0.15) is 36.7 Å². The van der Waals surface area contributed by atoms with Gasteiger partial charge in [-0.25, -0.2) is 9.36 Å². The minimum atomic E-state index is -0.312. The topological polar surface area (TPSA) is 91.3 Å². The molecule has 2 atom stereocenters. The van der Waals surface area contributed by atoms with Crippen molar-refractivity contribution in [2.75, 3.05) is 6.54 Å². The largest absolute Gasteiger partial charge is 0.493 e. The fraction of sp³-hybridized carbons (Fsp3) is 0.250. The Balaban J connectivity index is 1.78. The molecule has 0 unspecified atom stereocenters. The van der Waals surface area contributed by atoms with Gasteiger partial charge in [-0.05, 0) is 18.6 Å². The van der Waals surface area contributed by atoms with E-state index in [0.29, 0.717) is 35.3 Å². The predicted molar refractivity (Wildman–Crippen MR) is 97.7 cm³/mol. The Morgan fingerprint density at radius 1 is 1.22 bits per heavy atom. The lowest BCUT2D eigenvalue weighted by Gasteiger charge is -2.26. The van der Waals surface area contributed by atoms with Crippen molar-refractivity contribution in [3.63, 3.8) is 0 Å². The number of imidazole rings is 1. The van der Waals surface area contributed by atoms with Crippen molar-refractivity contribution >= 4 is 16.7 Å². The number of likely N-dealkylation sites (tertiary alicyclic amines) is 1. The number of aromatic nitrogens is 2. The number of benzene rings is 2. The first-order valence-electron chi connectivity index (χ1n) is 8.78. The molecule has 27 heavy (non-hydrogen) atoms. The molecule has 2 aliphatic rings. The van der Waals surface area contributed by atoms with Crippen LogP contribution in [0.5, 0.6) is 5.88 Å². The maximum atomic E-state index is 13.1. The summed E-state index contributed by atoms with van der Waals surface area (Å²) in [5, 5.41) is 21.7. The number of hydrogen-bond donors (Lipinski definition) is 1. The Kier molecular flexibility index (Phi) is 3.05. The van der Waals surface area contributed by atoms with Gasteiger partial charge in [0.25, 0.3) is 0 Å². The average Bonchev–Trinajstić information content (AvgIpc) is 3.33. The van der Waals surface area contributed by atoms with Gasteiger partial charge >= 0.3 is 5.69 Å².